The van der Waals surface area contributed by atoms with E-state index in [-0.39, 0.29) is 0 Å². The maximum Gasteiger partial charge on any atom is 0.175 e. The van der Waals surface area contributed by atoms with Crippen LogP contribution in [0.3, 0.4) is 0 Å². The molecule has 0 spiro atoms. The van der Waals surface area contributed by atoms with Crippen LogP contribution in [-0.4, -0.2) is 20.3 Å². The first-order valence-corrected chi connectivity index (χ1v) is 7.73. The SMILES string of the molecule is COc1cc(CCN)cc(Br)c1OCC1CCCC1. The van der Waals surface area contributed by atoms with Crippen LogP contribution in [-0.2, 0) is 6.42 Å². The van der Waals surface area contributed by atoms with Crippen molar-refractivity contribution < 1.29 is 9.47 Å². The molecule has 0 heterocycles. The van der Waals surface area contributed by atoms with E-state index in [9.17, 15) is 0 Å². The Kier molecular flexibility index (Phi) is 5.52. The van der Waals surface area contributed by atoms with Crippen LogP contribution < -0.4 is 15.2 Å². The molecule has 0 aromatic heterocycles. The molecule has 106 valence electrons. The van der Waals surface area contributed by atoms with Gasteiger partial charge in [0.1, 0.15) is 0 Å². The first kappa shape index (κ1) is 14.7. The second-order valence-electron chi connectivity index (χ2n) is 5.11. The number of hydrogen-bond donors (Lipinski definition) is 1. The lowest BCUT2D eigenvalue weighted by atomic mass is 10.1. The summed E-state index contributed by atoms with van der Waals surface area (Å²) in [6.07, 6.45) is 6.08. The van der Waals surface area contributed by atoms with Gasteiger partial charge >= 0.3 is 0 Å². The summed E-state index contributed by atoms with van der Waals surface area (Å²) in [4.78, 5) is 0. The third-order valence-corrected chi connectivity index (χ3v) is 4.25. The molecular formula is C15H22BrNO2. The van der Waals surface area contributed by atoms with Crippen molar-refractivity contribution in [1.29, 1.82) is 0 Å². The van der Waals surface area contributed by atoms with Gasteiger partial charge in [0.25, 0.3) is 0 Å². The van der Waals surface area contributed by atoms with Gasteiger partial charge in [-0.15, -0.1) is 0 Å². The van der Waals surface area contributed by atoms with Crippen molar-refractivity contribution in [2.75, 3.05) is 20.3 Å². The molecule has 0 aliphatic heterocycles. The lowest BCUT2D eigenvalue weighted by molar-refractivity contribution is 0.239. The van der Waals surface area contributed by atoms with Crippen LogP contribution in [0.2, 0.25) is 0 Å². The molecule has 0 amide bonds. The zero-order chi connectivity index (χ0) is 13.7. The molecule has 0 radical (unpaired) electrons. The van der Waals surface area contributed by atoms with Crippen molar-refractivity contribution in [2.24, 2.45) is 11.7 Å². The fraction of sp³-hybridized carbons (Fsp3) is 0.600. The number of benzene rings is 1. The molecule has 0 atom stereocenters. The van der Waals surface area contributed by atoms with Crippen LogP contribution >= 0.6 is 15.9 Å². The molecule has 1 fully saturated rings. The average molecular weight is 328 g/mol. The summed E-state index contributed by atoms with van der Waals surface area (Å²) in [5.41, 5.74) is 6.76. The highest BCUT2D eigenvalue weighted by Gasteiger charge is 2.18. The van der Waals surface area contributed by atoms with Crippen LogP contribution in [0.5, 0.6) is 11.5 Å². The number of rotatable bonds is 6. The Labute approximate surface area is 123 Å². The van der Waals surface area contributed by atoms with Crippen molar-refractivity contribution in [1.82, 2.24) is 0 Å². The summed E-state index contributed by atoms with van der Waals surface area (Å²) in [5, 5.41) is 0. The molecule has 1 saturated carbocycles. The van der Waals surface area contributed by atoms with E-state index >= 15 is 0 Å². The van der Waals surface area contributed by atoms with E-state index in [0.29, 0.717) is 12.5 Å². The van der Waals surface area contributed by atoms with Crippen LogP contribution in [0.25, 0.3) is 0 Å². The van der Waals surface area contributed by atoms with Crippen molar-refractivity contribution in [3.63, 3.8) is 0 Å². The molecule has 1 aromatic carbocycles. The van der Waals surface area contributed by atoms with Gasteiger partial charge in [-0.1, -0.05) is 12.8 Å². The van der Waals surface area contributed by atoms with E-state index in [1.807, 2.05) is 6.07 Å². The monoisotopic (exact) mass is 327 g/mol. The minimum Gasteiger partial charge on any atom is -0.493 e. The highest BCUT2D eigenvalue weighted by molar-refractivity contribution is 9.10. The topological polar surface area (TPSA) is 44.5 Å². The van der Waals surface area contributed by atoms with Crippen LogP contribution in [0.1, 0.15) is 31.2 Å². The van der Waals surface area contributed by atoms with Crippen LogP contribution in [0.4, 0.5) is 0 Å². The molecule has 4 heteroatoms. The summed E-state index contributed by atoms with van der Waals surface area (Å²) in [6.45, 7) is 1.42. The molecule has 0 unspecified atom stereocenters. The van der Waals surface area contributed by atoms with E-state index in [1.165, 1.54) is 31.2 Å². The smallest absolute Gasteiger partial charge is 0.175 e. The Morgan fingerprint density at radius 3 is 2.68 bits per heavy atom. The summed E-state index contributed by atoms with van der Waals surface area (Å²) in [5.74, 6) is 2.30. The van der Waals surface area contributed by atoms with Crippen molar-refractivity contribution in [3.8, 4) is 11.5 Å². The third kappa shape index (κ3) is 3.86. The zero-order valence-electron chi connectivity index (χ0n) is 11.5. The first-order chi connectivity index (χ1) is 9.24. The summed E-state index contributed by atoms with van der Waals surface area (Å²) < 4.78 is 12.4. The van der Waals surface area contributed by atoms with Gasteiger partial charge in [-0.2, -0.15) is 0 Å². The predicted octanol–water partition coefficient (Wildman–Crippen LogP) is 3.53. The molecule has 3 nitrogen and oxygen atoms in total. The van der Waals surface area contributed by atoms with Gasteiger partial charge in [-0.3, -0.25) is 0 Å². The maximum absolute atomic E-state index is 5.97. The summed E-state index contributed by atoms with van der Waals surface area (Å²) >= 11 is 3.57. The number of methoxy groups -OCH3 is 1. The Hall–Kier alpha value is -0.740. The molecule has 1 aromatic rings. The minimum atomic E-state index is 0.637. The Balaban J connectivity index is 2.09. The van der Waals surface area contributed by atoms with E-state index in [4.69, 9.17) is 15.2 Å². The fourth-order valence-corrected chi connectivity index (χ4v) is 3.21. The lowest BCUT2D eigenvalue weighted by Crippen LogP contribution is -2.09. The minimum absolute atomic E-state index is 0.637. The van der Waals surface area contributed by atoms with E-state index in [2.05, 4.69) is 22.0 Å². The quantitative estimate of drug-likeness (QED) is 0.869. The van der Waals surface area contributed by atoms with E-state index < -0.39 is 0 Å². The Morgan fingerprint density at radius 1 is 1.32 bits per heavy atom. The highest BCUT2D eigenvalue weighted by Crippen LogP contribution is 2.37. The van der Waals surface area contributed by atoms with Crippen LogP contribution in [0, 0.1) is 5.92 Å². The average Bonchev–Trinajstić information content (AvgIpc) is 2.90. The van der Waals surface area contributed by atoms with Gasteiger partial charge in [0.15, 0.2) is 11.5 Å². The number of ether oxygens (including phenoxy) is 2. The van der Waals surface area contributed by atoms with Gasteiger partial charge in [0, 0.05) is 0 Å². The second kappa shape index (κ2) is 7.15. The molecular weight excluding hydrogens is 306 g/mol. The standard InChI is InChI=1S/C15H22BrNO2/c1-18-14-9-12(6-7-17)8-13(16)15(14)19-10-11-4-2-3-5-11/h8-9,11H,2-7,10,17H2,1H3. The Morgan fingerprint density at radius 2 is 2.05 bits per heavy atom. The lowest BCUT2D eigenvalue weighted by Gasteiger charge is -2.16. The number of halogens is 1. The van der Waals surface area contributed by atoms with Crippen molar-refractivity contribution >= 4 is 15.9 Å². The number of nitrogens with two attached hydrogens (primary N) is 1. The van der Waals surface area contributed by atoms with Gasteiger partial charge in [-0.25, -0.2) is 0 Å². The van der Waals surface area contributed by atoms with E-state index in [0.717, 1.165) is 29.0 Å². The molecule has 1 aliphatic carbocycles. The van der Waals surface area contributed by atoms with E-state index in [1.54, 1.807) is 7.11 Å². The molecule has 0 bridgehead atoms. The number of hydrogen-bond acceptors (Lipinski definition) is 3. The Bertz CT molecular complexity index is 417. The molecule has 0 saturated heterocycles. The van der Waals surface area contributed by atoms with Crippen molar-refractivity contribution in [3.05, 3.63) is 22.2 Å². The van der Waals surface area contributed by atoms with Gasteiger partial charge in [-0.05, 0) is 65.4 Å². The van der Waals surface area contributed by atoms with Crippen molar-refractivity contribution in [2.45, 2.75) is 32.1 Å². The summed E-state index contributed by atoms with van der Waals surface area (Å²) in [7, 11) is 1.68. The molecule has 19 heavy (non-hydrogen) atoms. The maximum atomic E-state index is 5.97. The fourth-order valence-electron chi connectivity index (χ4n) is 2.60. The summed E-state index contributed by atoms with van der Waals surface area (Å²) in [6, 6.07) is 4.08. The largest absolute Gasteiger partial charge is 0.493 e. The second-order valence-corrected chi connectivity index (χ2v) is 5.96. The molecule has 1 aliphatic rings. The van der Waals surface area contributed by atoms with Gasteiger partial charge in [0.2, 0.25) is 0 Å². The first-order valence-electron chi connectivity index (χ1n) is 6.94. The zero-order valence-corrected chi connectivity index (χ0v) is 13.0. The van der Waals surface area contributed by atoms with Crippen LogP contribution in [0.15, 0.2) is 16.6 Å². The van der Waals surface area contributed by atoms with Gasteiger partial charge < -0.3 is 15.2 Å². The predicted molar refractivity (Wildman–Crippen MR) is 80.9 cm³/mol. The third-order valence-electron chi connectivity index (χ3n) is 3.66. The highest BCUT2D eigenvalue weighted by atomic mass is 79.9. The molecule has 2 N–H and O–H groups in total. The normalized spacial score (nSPS) is 15.7. The molecule has 2 rings (SSSR count). The van der Waals surface area contributed by atoms with Gasteiger partial charge in [0.05, 0.1) is 18.2 Å².